The lowest BCUT2D eigenvalue weighted by molar-refractivity contribution is -0.134. The van der Waals surface area contributed by atoms with Crippen molar-refractivity contribution in [3.05, 3.63) is 35.2 Å². The molecule has 0 unspecified atom stereocenters. The lowest BCUT2D eigenvalue weighted by Crippen LogP contribution is -2.44. The van der Waals surface area contributed by atoms with Crippen molar-refractivity contribution in [3.8, 4) is 11.5 Å². The highest BCUT2D eigenvalue weighted by molar-refractivity contribution is 6.33. The summed E-state index contributed by atoms with van der Waals surface area (Å²) in [5.74, 6) is 1.83. The molecule has 1 aliphatic rings. The molecule has 7 heteroatoms. The van der Waals surface area contributed by atoms with Crippen LogP contribution in [0.2, 0.25) is 5.02 Å². The Morgan fingerprint density at radius 1 is 1.21 bits per heavy atom. The van der Waals surface area contributed by atoms with E-state index in [0.29, 0.717) is 35.9 Å². The van der Waals surface area contributed by atoms with Crippen molar-refractivity contribution in [1.29, 1.82) is 0 Å². The van der Waals surface area contributed by atoms with Gasteiger partial charge < -0.3 is 9.32 Å². The molecular formula is C22H31ClN4O2. The number of rotatable bonds is 8. The molecule has 0 N–H and O–H groups in total. The topological polar surface area (TPSA) is 62.5 Å². The SMILES string of the molecule is CCCN(CC(=O)N(C)C1CCC(C)CC1)Cc1nnc(-c2ccccc2Cl)o1. The maximum atomic E-state index is 12.9. The van der Waals surface area contributed by atoms with Crippen LogP contribution in [0, 0.1) is 5.92 Å². The van der Waals surface area contributed by atoms with Crippen LogP contribution in [-0.4, -0.2) is 52.1 Å². The molecule has 1 aromatic carbocycles. The predicted octanol–water partition coefficient (Wildman–Crippen LogP) is 4.64. The van der Waals surface area contributed by atoms with Crippen molar-refractivity contribution in [2.45, 2.75) is 58.5 Å². The minimum Gasteiger partial charge on any atom is -0.419 e. The van der Waals surface area contributed by atoms with Gasteiger partial charge in [0.25, 0.3) is 0 Å². The summed E-state index contributed by atoms with van der Waals surface area (Å²) >= 11 is 6.22. The molecule has 0 saturated heterocycles. The normalized spacial score (nSPS) is 19.5. The number of nitrogens with zero attached hydrogens (tertiary/aromatic N) is 4. The van der Waals surface area contributed by atoms with Crippen molar-refractivity contribution in [2.24, 2.45) is 5.92 Å². The monoisotopic (exact) mass is 418 g/mol. The Morgan fingerprint density at radius 2 is 1.93 bits per heavy atom. The molecule has 0 radical (unpaired) electrons. The van der Waals surface area contributed by atoms with Gasteiger partial charge in [0.15, 0.2) is 0 Å². The fourth-order valence-electron chi connectivity index (χ4n) is 3.92. The second kappa shape index (κ2) is 10.2. The standard InChI is InChI=1S/C22H31ClN4O2/c1-4-13-27(15-21(28)26(3)17-11-9-16(2)10-12-17)14-20-24-25-22(29-20)18-7-5-6-8-19(18)23/h5-8,16-17H,4,9-15H2,1-3H3. The average molecular weight is 419 g/mol. The lowest BCUT2D eigenvalue weighted by Gasteiger charge is -2.34. The second-order valence-electron chi connectivity index (χ2n) is 8.11. The number of likely N-dealkylation sites (N-methyl/N-ethyl adjacent to an activating group) is 1. The van der Waals surface area contributed by atoms with E-state index in [1.165, 1.54) is 12.8 Å². The Morgan fingerprint density at radius 3 is 2.62 bits per heavy atom. The third-order valence-electron chi connectivity index (χ3n) is 5.76. The number of amides is 1. The molecule has 1 amide bonds. The average Bonchev–Trinajstić information content (AvgIpc) is 3.16. The first-order valence-electron chi connectivity index (χ1n) is 10.5. The van der Waals surface area contributed by atoms with Crippen LogP contribution in [0.1, 0.15) is 51.8 Å². The molecule has 1 saturated carbocycles. The highest BCUT2D eigenvalue weighted by Gasteiger charge is 2.26. The number of benzene rings is 1. The summed E-state index contributed by atoms with van der Waals surface area (Å²) in [7, 11) is 1.94. The van der Waals surface area contributed by atoms with E-state index in [0.717, 1.165) is 37.3 Å². The summed E-state index contributed by atoms with van der Waals surface area (Å²) in [6.07, 6.45) is 5.55. The molecule has 158 valence electrons. The molecule has 2 aromatic rings. The Labute approximate surface area is 178 Å². The minimum absolute atomic E-state index is 0.156. The fourth-order valence-corrected chi connectivity index (χ4v) is 4.14. The summed E-state index contributed by atoms with van der Waals surface area (Å²) in [5.41, 5.74) is 0.720. The van der Waals surface area contributed by atoms with Crippen LogP contribution in [0.5, 0.6) is 0 Å². The summed E-state index contributed by atoms with van der Waals surface area (Å²) in [6, 6.07) is 7.76. The van der Waals surface area contributed by atoms with E-state index in [1.54, 1.807) is 6.07 Å². The van der Waals surface area contributed by atoms with Crippen molar-refractivity contribution in [3.63, 3.8) is 0 Å². The zero-order valence-corrected chi connectivity index (χ0v) is 18.4. The van der Waals surface area contributed by atoms with E-state index in [2.05, 4.69) is 28.9 Å². The van der Waals surface area contributed by atoms with Gasteiger partial charge in [-0.25, -0.2) is 0 Å². The van der Waals surface area contributed by atoms with E-state index < -0.39 is 0 Å². The quantitative estimate of drug-likeness (QED) is 0.624. The van der Waals surface area contributed by atoms with E-state index in [1.807, 2.05) is 30.1 Å². The number of hydrogen-bond acceptors (Lipinski definition) is 5. The van der Waals surface area contributed by atoms with Crippen molar-refractivity contribution < 1.29 is 9.21 Å². The number of halogens is 1. The summed E-state index contributed by atoms with van der Waals surface area (Å²) in [6.45, 7) is 6.01. The molecule has 0 bridgehead atoms. The van der Waals surface area contributed by atoms with Crippen LogP contribution < -0.4 is 0 Å². The lowest BCUT2D eigenvalue weighted by atomic mass is 9.87. The highest BCUT2D eigenvalue weighted by atomic mass is 35.5. The van der Waals surface area contributed by atoms with Crippen LogP contribution in [-0.2, 0) is 11.3 Å². The molecule has 1 aromatic heterocycles. The predicted molar refractivity (Wildman–Crippen MR) is 115 cm³/mol. The molecular weight excluding hydrogens is 388 g/mol. The third kappa shape index (κ3) is 5.80. The van der Waals surface area contributed by atoms with Crippen LogP contribution in [0.15, 0.2) is 28.7 Å². The molecule has 1 aliphatic carbocycles. The molecule has 1 fully saturated rings. The number of hydrogen-bond donors (Lipinski definition) is 0. The van der Waals surface area contributed by atoms with Gasteiger partial charge in [-0.15, -0.1) is 10.2 Å². The van der Waals surface area contributed by atoms with Crippen LogP contribution in [0.3, 0.4) is 0 Å². The number of aromatic nitrogens is 2. The molecule has 0 spiro atoms. The van der Waals surface area contributed by atoms with E-state index in [4.69, 9.17) is 16.0 Å². The Balaban J connectivity index is 1.61. The zero-order valence-electron chi connectivity index (χ0n) is 17.6. The second-order valence-corrected chi connectivity index (χ2v) is 8.52. The first-order chi connectivity index (χ1) is 14.0. The van der Waals surface area contributed by atoms with Gasteiger partial charge in [0, 0.05) is 13.1 Å². The third-order valence-corrected chi connectivity index (χ3v) is 6.08. The largest absolute Gasteiger partial charge is 0.419 e. The van der Waals surface area contributed by atoms with Crippen LogP contribution in [0.4, 0.5) is 0 Å². The van der Waals surface area contributed by atoms with Gasteiger partial charge in [0.05, 0.1) is 23.7 Å². The van der Waals surface area contributed by atoms with Gasteiger partial charge in [-0.05, 0) is 56.7 Å². The van der Waals surface area contributed by atoms with E-state index in [-0.39, 0.29) is 5.91 Å². The maximum Gasteiger partial charge on any atom is 0.249 e. The number of carbonyl (C=O) groups excluding carboxylic acids is 1. The zero-order chi connectivity index (χ0) is 20.8. The molecule has 0 atom stereocenters. The maximum absolute atomic E-state index is 12.9. The van der Waals surface area contributed by atoms with Crippen molar-refractivity contribution in [1.82, 2.24) is 20.0 Å². The first-order valence-corrected chi connectivity index (χ1v) is 10.9. The highest BCUT2D eigenvalue weighted by Crippen LogP contribution is 2.27. The van der Waals surface area contributed by atoms with Crippen molar-refractivity contribution in [2.75, 3.05) is 20.1 Å². The van der Waals surface area contributed by atoms with Gasteiger partial charge in [-0.3, -0.25) is 9.69 Å². The van der Waals surface area contributed by atoms with Gasteiger partial charge in [-0.1, -0.05) is 37.6 Å². The van der Waals surface area contributed by atoms with E-state index in [9.17, 15) is 4.79 Å². The smallest absolute Gasteiger partial charge is 0.249 e. The molecule has 6 nitrogen and oxygen atoms in total. The molecule has 0 aliphatic heterocycles. The summed E-state index contributed by atoms with van der Waals surface area (Å²) < 4.78 is 5.82. The van der Waals surface area contributed by atoms with Gasteiger partial charge in [0.2, 0.25) is 17.7 Å². The Kier molecular flexibility index (Phi) is 7.67. The van der Waals surface area contributed by atoms with Gasteiger partial charge >= 0.3 is 0 Å². The summed E-state index contributed by atoms with van der Waals surface area (Å²) in [5, 5.41) is 8.87. The van der Waals surface area contributed by atoms with Crippen LogP contribution >= 0.6 is 11.6 Å². The Bertz CT molecular complexity index is 802. The van der Waals surface area contributed by atoms with Gasteiger partial charge in [0.1, 0.15) is 0 Å². The minimum atomic E-state index is 0.156. The Hall–Kier alpha value is -1.92. The fraction of sp³-hybridized carbons (Fsp3) is 0.591. The summed E-state index contributed by atoms with van der Waals surface area (Å²) in [4.78, 5) is 16.9. The van der Waals surface area contributed by atoms with Gasteiger partial charge in [-0.2, -0.15) is 0 Å². The first kappa shape index (κ1) is 21.8. The molecule has 29 heavy (non-hydrogen) atoms. The molecule has 1 heterocycles. The van der Waals surface area contributed by atoms with E-state index >= 15 is 0 Å². The molecule has 3 rings (SSSR count). The number of carbonyl (C=O) groups is 1. The van der Waals surface area contributed by atoms with Crippen LogP contribution in [0.25, 0.3) is 11.5 Å². The van der Waals surface area contributed by atoms with Crippen molar-refractivity contribution >= 4 is 17.5 Å².